The monoisotopic (exact) mass is 233 g/mol. The Hall–Kier alpha value is -1.54. The van der Waals surface area contributed by atoms with Gasteiger partial charge in [-0.2, -0.15) is 0 Å². The molecule has 0 bridgehead atoms. The van der Waals surface area contributed by atoms with E-state index >= 15 is 0 Å². The van der Waals surface area contributed by atoms with E-state index in [2.05, 4.69) is 11.6 Å². The predicted octanol–water partition coefficient (Wildman–Crippen LogP) is 3.41. The first-order valence-corrected chi connectivity index (χ1v) is 5.54. The van der Waals surface area contributed by atoms with Crippen LogP contribution in [-0.4, -0.2) is 17.5 Å². The average Bonchev–Trinajstić information content (AvgIpc) is 2.35. The van der Waals surface area contributed by atoms with Gasteiger partial charge in [-0.3, -0.25) is 4.98 Å². The van der Waals surface area contributed by atoms with Gasteiger partial charge in [0.1, 0.15) is 17.9 Å². The third-order valence-electron chi connectivity index (χ3n) is 2.22. The number of aromatic nitrogens is 1. The Kier molecular flexibility index (Phi) is 3.42. The molecule has 0 saturated heterocycles. The van der Waals surface area contributed by atoms with Gasteiger partial charge in [0.15, 0.2) is 0 Å². The smallest absolute Gasteiger partial charge is 0.146 e. The van der Waals surface area contributed by atoms with Crippen LogP contribution < -0.4 is 4.74 Å². The molecular formula is C13H12ClNO. The standard InChI is InChI=1S/C13H12ClNO/c1-10(8-14)9-16-12-6-2-4-11-5-3-7-15-13(11)12/h2-7H,1,8-9H2. The zero-order chi connectivity index (χ0) is 11.4. The van der Waals surface area contributed by atoms with Gasteiger partial charge in [0.25, 0.3) is 0 Å². The molecule has 0 aliphatic carbocycles. The summed E-state index contributed by atoms with van der Waals surface area (Å²) in [5.41, 5.74) is 1.72. The van der Waals surface area contributed by atoms with E-state index in [1.54, 1.807) is 6.20 Å². The normalized spacial score (nSPS) is 10.3. The maximum Gasteiger partial charge on any atom is 0.146 e. The number of alkyl halides is 1. The molecule has 2 nitrogen and oxygen atoms in total. The Bertz CT molecular complexity index is 505. The van der Waals surface area contributed by atoms with E-state index in [1.807, 2.05) is 30.3 Å². The molecule has 1 aromatic carbocycles. The van der Waals surface area contributed by atoms with Crippen molar-refractivity contribution in [3.05, 3.63) is 48.7 Å². The van der Waals surface area contributed by atoms with Crippen molar-refractivity contribution in [3.8, 4) is 5.75 Å². The van der Waals surface area contributed by atoms with Crippen molar-refractivity contribution in [2.24, 2.45) is 0 Å². The maximum absolute atomic E-state index is 5.64. The van der Waals surface area contributed by atoms with Crippen LogP contribution in [0.1, 0.15) is 0 Å². The highest BCUT2D eigenvalue weighted by atomic mass is 35.5. The zero-order valence-electron chi connectivity index (χ0n) is 8.82. The molecule has 82 valence electrons. The number of rotatable bonds is 4. The van der Waals surface area contributed by atoms with Crippen LogP contribution >= 0.6 is 11.6 Å². The molecule has 0 unspecified atom stereocenters. The van der Waals surface area contributed by atoms with E-state index in [9.17, 15) is 0 Å². The fraction of sp³-hybridized carbons (Fsp3) is 0.154. The quantitative estimate of drug-likeness (QED) is 0.597. The second-order valence-electron chi connectivity index (χ2n) is 3.50. The number of hydrogen-bond acceptors (Lipinski definition) is 2. The van der Waals surface area contributed by atoms with Crippen molar-refractivity contribution in [2.45, 2.75) is 0 Å². The van der Waals surface area contributed by atoms with E-state index in [1.165, 1.54) is 0 Å². The van der Waals surface area contributed by atoms with Crippen molar-refractivity contribution in [2.75, 3.05) is 12.5 Å². The summed E-state index contributed by atoms with van der Waals surface area (Å²) in [5.74, 6) is 1.18. The van der Waals surface area contributed by atoms with E-state index in [0.717, 1.165) is 22.2 Å². The van der Waals surface area contributed by atoms with Crippen LogP contribution in [0.15, 0.2) is 48.7 Å². The summed E-state index contributed by atoms with van der Waals surface area (Å²) >= 11 is 5.64. The molecule has 1 aromatic heterocycles. The molecule has 0 fully saturated rings. The van der Waals surface area contributed by atoms with Crippen LogP contribution in [0.4, 0.5) is 0 Å². The number of fused-ring (bicyclic) bond motifs is 1. The molecule has 2 rings (SSSR count). The minimum Gasteiger partial charge on any atom is -0.487 e. The predicted molar refractivity (Wildman–Crippen MR) is 67.1 cm³/mol. The SMILES string of the molecule is C=C(CCl)COc1cccc2cccnc12. The number of hydrogen-bond donors (Lipinski definition) is 0. The van der Waals surface area contributed by atoms with Crippen molar-refractivity contribution < 1.29 is 4.74 Å². The van der Waals surface area contributed by atoms with Crippen LogP contribution in [-0.2, 0) is 0 Å². The molecule has 1 heterocycles. The molecule has 0 amide bonds. The Morgan fingerprint density at radius 3 is 2.94 bits per heavy atom. The number of nitrogens with zero attached hydrogens (tertiary/aromatic N) is 1. The first-order chi connectivity index (χ1) is 7.81. The van der Waals surface area contributed by atoms with E-state index in [0.29, 0.717) is 12.5 Å². The summed E-state index contributed by atoms with van der Waals surface area (Å²) < 4.78 is 5.63. The third-order valence-corrected chi connectivity index (χ3v) is 2.59. The van der Waals surface area contributed by atoms with Crippen molar-refractivity contribution >= 4 is 22.5 Å². The van der Waals surface area contributed by atoms with Gasteiger partial charge in [0, 0.05) is 17.5 Å². The number of benzene rings is 1. The van der Waals surface area contributed by atoms with Gasteiger partial charge >= 0.3 is 0 Å². The first kappa shape index (κ1) is 11.0. The highest BCUT2D eigenvalue weighted by Gasteiger charge is 2.02. The van der Waals surface area contributed by atoms with Crippen LogP contribution in [0.3, 0.4) is 0 Å². The van der Waals surface area contributed by atoms with Crippen LogP contribution in [0.2, 0.25) is 0 Å². The van der Waals surface area contributed by atoms with E-state index in [4.69, 9.17) is 16.3 Å². The average molecular weight is 234 g/mol. The highest BCUT2D eigenvalue weighted by Crippen LogP contribution is 2.23. The Balaban J connectivity index is 2.27. The lowest BCUT2D eigenvalue weighted by atomic mass is 10.2. The van der Waals surface area contributed by atoms with Gasteiger partial charge in [-0.25, -0.2) is 0 Å². The maximum atomic E-state index is 5.64. The molecule has 0 aliphatic heterocycles. The molecule has 0 aliphatic rings. The third kappa shape index (κ3) is 2.34. The molecule has 0 N–H and O–H groups in total. The summed E-state index contributed by atoms with van der Waals surface area (Å²) in [4.78, 5) is 4.30. The fourth-order valence-corrected chi connectivity index (χ4v) is 1.49. The van der Waals surface area contributed by atoms with Gasteiger partial charge in [0.2, 0.25) is 0 Å². The second kappa shape index (κ2) is 4.99. The van der Waals surface area contributed by atoms with Crippen molar-refractivity contribution in [3.63, 3.8) is 0 Å². The number of halogens is 1. The Labute approximate surface area is 99.5 Å². The number of ether oxygens (including phenoxy) is 1. The summed E-state index contributed by atoms with van der Waals surface area (Å²) in [7, 11) is 0. The topological polar surface area (TPSA) is 22.1 Å². The van der Waals surface area contributed by atoms with Gasteiger partial charge in [-0.05, 0) is 17.7 Å². The van der Waals surface area contributed by atoms with Crippen LogP contribution in [0.5, 0.6) is 5.75 Å². The largest absolute Gasteiger partial charge is 0.487 e. The van der Waals surface area contributed by atoms with Crippen LogP contribution in [0, 0.1) is 0 Å². The second-order valence-corrected chi connectivity index (χ2v) is 3.77. The van der Waals surface area contributed by atoms with Gasteiger partial charge in [-0.15, -0.1) is 11.6 Å². The Morgan fingerprint density at radius 1 is 1.31 bits per heavy atom. The number of para-hydroxylation sites is 1. The minimum atomic E-state index is 0.415. The summed E-state index contributed by atoms with van der Waals surface area (Å²) in [6, 6.07) is 9.76. The lowest BCUT2D eigenvalue weighted by molar-refractivity contribution is 0.356. The molecule has 0 saturated carbocycles. The molecular weight excluding hydrogens is 222 g/mol. The van der Waals surface area contributed by atoms with Crippen molar-refractivity contribution in [1.29, 1.82) is 0 Å². The fourth-order valence-electron chi connectivity index (χ4n) is 1.41. The molecule has 16 heavy (non-hydrogen) atoms. The molecule has 0 atom stereocenters. The first-order valence-electron chi connectivity index (χ1n) is 5.00. The highest BCUT2D eigenvalue weighted by molar-refractivity contribution is 6.19. The lowest BCUT2D eigenvalue weighted by Gasteiger charge is -2.08. The molecule has 0 radical (unpaired) electrons. The number of pyridine rings is 1. The van der Waals surface area contributed by atoms with Gasteiger partial charge in [0.05, 0.1) is 0 Å². The Morgan fingerprint density at radius 2 is 2.12 bits per heavy atom. The zero-order valence-corrected chi connectivity index (χ0v) is 9.57. The van der Waals surface area contributed by atoms with Gasteiger partial charge < -0.3 is 4.74 Å². The lowest BCUT2D eigenvalue weighted by Crippen LogP contribution is -2.01. The van der Waals surface area contributed by atoms with Gasteiger partial charge in [-0.1, -0.05) is 24.8 Å². The minimum absolute atomic E-state index is 0.415. The molecule has 0 spiro atoms. The summed E-state index contributed by atoms with van der Waals surface area (Å²) in [6.07, 6.45) is 1.76. The van der Waals surface area contributed by atoms with Crippen LogP contribution in [0.25, 0.3) is 10.9 Å². The van der Waals surface area contributed by atoms with E-state index < -0.39 is 0 Å². The summed E-state index contributed by atoms with van der Waals surface area (Å²) in [6.45, 7) is 4.22. The van der Waals surface area contributed by atoms with Crippen molar-refractivity contribution in [1.82, 2.24) is 4.98 Å². The molecule has 3 heteroatoms. The molecule has 2 aromatic rings. The van der Waals surface area contributed by atoms with E-state index in [-0.39, 0.29) is 0 Å². The summed E-state index contributed by atoms with van der Waals surface area (Å²) in [5, 5.41) is 1.07.